The zero-order valence-electron chi connectivity index (χ0n) is 8.56. The average Bonchev–Trinajstić information content (AvgIpc) is 2.26. The first-order valence-electron chi connectivity index (χ1n) is 4.55. The molecule has 0 fully saturated rings. The minimum Gasteiger partial charge on any atom is -0.383 e. The van der Waals surface area contributed by atoms with E-state index in [9.17, 15) is 4.79 Å². The third kappa shape index (κ3) is 2.85. The highest BCUT2D eigenvalue weighted by atomic mass is 16.5. The third-order valence-corrected chi connectivity index (χ3v) is 2.00. The molecule has 14 heavy (non-hydrogen) atoms. The Hall–Kier alpha value is -1.35. The van der Waals surface area contributed by atoms with Gasteiger partial charge in [-0.15, -0.1) is 0 Å². The van der Waals surface area contributed by atoms with Gasteiger partial charge in [0.25, 0.3) is 5.91 Å². The lowest BCUT2D eigenvalue weighted by Crippen LogP contribution is -2.29. The molecule has 76 valence electrons. The van der Waals surface area contributed by atoms with Crippen LogP contribution in [0.5, 0.6) is 0 Å². The van der Waals surface area contributed by atoms with Gasteiger partial charge in [-0.25, -0.2) is 0 Å². The van der Waals surface area contributed by atoms with Crippen LogP contribution in [-0.4, -0.2) is 38.1 Å². The molecule has 0 aliphatic carbocycles. The molecule has 1 rings (SSSR count). The van der Waals surface area contributed by atoms with E-state index in [4.69, 9.17) is 4.74 Å². The van der Waals surface area contributed by atoms with Crippen LogP contribution in [-0.2, 0) is 4.74 Å². The second-order valence-corrected chi connectivity index (χ2v) is 3.09. The Balaban J connectivity index is 2.57. The standard InChI is InChI=1S/C11H15NO2/c1-12(8-9-14-2)11(13)10-6-4-3-5-7-10/h3-7H,8-9H2,1-2H3. The molecule has 1 aromatic carbocycles. The number of carbonyl (C=O) groups excluding carboxylic acids is 1. The van der Waals surface area contributed by atoms with Gasteiger partial charge in [-0.1, -0.05) is 18.2 Å². The van der Waals surface area contributed by atoms with Crippen LogP contribution in [0.2, 0.25) is 0 Å². The summed E-state index contributed by atoms with van der Waals surface area (Å²) in [6.45, 7) is 1.18. The van der Waals surface area contributed by atoms with Crippen molar-refractivity contribution >= 4 is 5.91 Å². The molecule has 1 amide bonds. The Kier molecular flexibility index (Phi) is 4.13. The van der Waals surface area contributed by atoms with E-state index in [0.717, 1.165) is 0 Å². The molecule has 0 saturated heterocycles. The van der Waals surface area contributed by atoms with Gasteiger partial charge in [0, 0.05) is 26.3 Å². The number of hydrogen-bond donors (Lipinski definition) is 0. The Morgan fingerprint density at radius 3 is 2.57 bits per heavy atom. The fraction of sp³-hybridized carbons (Fsp3) is 0.364. The third-order valence-electron chi connectivity index (χ3n) is 2.00. The second kappa shape index (κ2) is 5.40. The molecule has 3 nitrogen and oxygen atoms in total. The average molecular weight is 193 g/mol. The smallest absolute Gasteiger partial charge is 0.253 e. The maximum Gasteiger partial charge on any atom is 0.253 e. The van der Waals surface area contributed by atoms with Gasteiger partial charge < -0.3 is 9.64 Å². The number of likely N-dealkylation sites (N-methyl/N-ethyl adjacent to an activating group) is 1. The minimum atomic E-state index is 0.0302. The summed E-state index contributed by atoms with van der Waals surface area (Å²) in [7, 11) is 3.40. The van der Waals surface area contributed by atoms with Crippen molar-refractivity contribution in [2.45, 2.75) is 0 Å². The molecule has 0 aliphatic heterocycles. The molecule has 0 aromatic heterocycles. The predicted molar refractivity (Wildman–Crippen MR) is 55.3 cm³/mol. The first-order chi connectivity index (χ1) is 6.75. The molecular formula is C11H15NO2. The largest absolute Gasteiger partial charge is 0.383 e. The van der Waals surface area contributed by atoms with Crippen LogP contribution in [0, 0.1) is 0 Å². The van der Waals surface area contributed by atoms with Gasteiger partial charge in [-0.2, -0.15) is 0 Å². The fourth-order valence-electron chi connectivity index (χ4n) is 1.13. The lowest BCUT2D eigenvalue weighted by molar-refractivity contribution is 0.0744. The molecule has 0 saturated carbocycles. The highest BCUT2D eigenvalue weighted by Gasteiger charge is 2.09. The maximum absolute atomic E-state index is 11.7. The van der Waals surface area contributed by atoms with Crippen molar-refractivity contribution in [3.63, 3.8) is 0 Å². The van der Waals surface area contributed by atoms with E-state index < -0.39 is 0 Å². The number of hydrogen-bond acceptors (Lipinski definition) is 2. The van der Waals surface area contributed by atoms with E-state index in [1.165, 1.54) is 0 Å². The lowest BCUT2D eigenvalue weighted by Gasteiger charge is -2.16. The summed E-state index contributed by atoms with van der Waals surface area (Å²) in [5.74, 6) is 0.0302. The van der Waals surface area contributed by atoms with Crippen molar-refractivity contribution in [2.75, 3.05) is 27.3 Å². The molecular weight excluding hydrogens is 178 g/mol. The van der Waals surface area contributed by atoms with Crippen molar-refractivity contribution in [3.05, 3.63) is 35.9 Å². The summed E-state index contributed by atoms with van der Waals surface area (Å²) in [5, 5.41) is 0. The zero-order chi connectivity index (χ0) is 10.4. The van der Waals surface area contributed by atoms with Gasteiger partial charge >= 0.3 is 0 Å². The van der Waals surface area contributed by atoms with Crippen LogP contribution in [0.1, 0.15) is 10.4 Å². The molecule has 0 bridgehead atoms. The van der Waals surface area contributed by atoms with Gasteiger partial charge in [0.05, 0.1) is 6.61 Å². The van der Waals surface area contributed by atoms with E-state index in [2.05, 4.69) is 0 Å². The molecule has 0 atom stereocenters. The quantitative estimate of drug-likeness (QED) is 0.723. The number of rotatable bonds is 4. The van der Waals surface area contributed by atoms with E-state index in [1.54, 1.807) is 19.1 Å². The number of benzene rings is 1. The SMILES string of the molecule is COCCN(C)C(=O)c1ccccc1. The Bertz CT molecular complexity index is 285. The van der Waals surface area contributed by atoms with Gasteiger partial charge in [-0.05, 0) is 12.1 Å². The Morgan fingerprint density at radius 2 is 2.00 bits per heavy atom. The first-order valence-corrected chi connectivity index (χ1v) is 4.55. The summed E-state index contributed by atoms with van der Waals surface area (Å²) in [6.07, 6.45) is 0. The molecule has 1 aromatic rings. The molecule has 0 spiro atoms. The molecule has 3 heteroatoms. The molecule has 0 heterocycles. The number of ether oxygens (including phenoxy) is 1. The second-order valence-electron chi connectivity index (χ2n) is 3.09. The van der Waals surface area contributed by atoms with Crippen LogP contribution in [0.3, 0.4) is 0 Å². The summed E-state index contributed by atoms with van der Waals surface area (Å²) in [4.78, 5) is 13.4. The molecule has 0 aliphatic rings. The van der Waals surface area contributed by atoms with Crippen LogP contribution in [0.4, 0.5) is 0 Å². The maximum atomic E-state index is 11.7. The van der Waals surface area contributed by atoms with E-state index >= 15 is 0 Å². The first kappa shape index (κ1) is 10.7. The summed E-state index contributed by atoms with van der Waals surface area (Å²) < 4.78 is 4.90. The van der Waals surface area contributed by atoms with Gasteiger partial charge in [-0.3, -0.25) is 4.79 Å². The van der Waals surface area contributed by atoms with Crippen molar-refractivity contribution in [1.82, 2.24) is 4.90 Å². The van der Waals surface area contributed by atoms with Gasteiger partial charge in [0.15, 0.2) is 0 Å². The predicted octanol–water partition coefficient (Wildman–Crippen LogP) is 1.41. The topological polar surface area (TPSA) is 29.5 Å². The molecule has 0 unspecified atom stereocenters. The van der Waals surface area contributed by atoms with Crippen molar-refractivity contribution in [1.29, 1.82) is 0 Å². The summed E-state index contributed by atoms with van der Waals surface area (Å²) in [6, 6.07) is 9.23. The van der Waals surface area contributed by atoms with E-state index in [0.29, 0.717) is 18.7 Å². The highest BCUT2D eigenvalue weighted by molar-refractivity contribution is 5.93. The van der Waals surface area contributed by atoms with Crippen LogP contribution in [0.15, 0.2) is 30.3 Å². The number of methoxy groups -OCH3 is 1. The lowest BCUT2D eigenvalue weighted by atomic mass is 10.2. The molecule has 0 N–H and O–H groups in total. The van der Waals surface area contributed by atoms with Gasteiger partial charge in [0.2, 0.25) is 0 Å². The Morgan fingerprint density at radius 1 is 1.36 bits per heavy atom. The van der Waals surface area contributed by atoms with Crippen molar-refractivity contribution in [2.24, 2.45) is 0 Å². The normalized spacial score (nSPS) is 9.86. The van der Waals surface area contributed by atoms with Gasteiger partial charge in [0.1, 0.15) is 0 Å². The number of carbonyl (C=O) groups is 1. The van der Waals surface area contributed by atoms with E-state index in [1.807, 2.05) is 30.3 Å². The minimum absolute atomic E-state index is 0.0302. The monoisotopic (exact) mass is 193 g/mol. The summed E-state index contributed by atoms with van der Waals surface area (Å²) in [5.41, 5.74) is 0.714. The van der Waals surface area contributed by atoms with Crippen LogP contribution in [0.25, 0.3) is 0 Å². The number of nitrogens with zero attached hydrogens (tertiary/aromatic N) is 1. The fourth-order valence-corrected chi connectivity index (χ4v) is 1.13. The summed E-state index contributed by atoms with van der Waals surface area (Å²) >= 11 is 0. The van der Waals surface area contributed by atoms with Crippen LogP contribution < -0.4 is 0 Å². The zero-order valence-corrected chi connectivity index (χ0v) is 8.56. The highest BCUT2D eigenvalue weighted by Crippen LogP contribution is 2.02. The van der Waals surface area contributed by atoms with E-state index in [-0.39, 0.29) is 5.91 Å². The number of amides is 1. The Labute approximate surface area is 84.3 Å². The van der Waals surface area contributed by atoms with Crippen molar-refractivity contribution < 1.29 is 9.53 Å². The van der Waals surface area contributed by atoms with Crippen molar-refractivity contribution in [3.8, 4) is 0 Å². The molecule has 0 radical (unpaired) electrons. The van der Waals surface area contributed by atoms with Crippen LogP contribution >= 0.6 is 0 Å².